The SMILES string of the molecule is COc1ccc2c(Nc3ccc4[nH]ncc4c3)c(C#N)cnc2c1OC. The average Bonchev–Trinajstić information content (AvgIpc) is 3.15. The van der Waals surface area contributed by atoms with Crippen molar-refractivity contribution in [3.63, 3.8) is 0 Å². The standard InChI is InChI=1S/C19H15N5O2/c1-25-16-6-4-14-17(12(8-20)9-21-18(14)19(16)26-2)23-13-3-5-15-11(7-13)10-22-24-15/h3-7,9-10H,1-2H3,(H,21,23)(H,22,24). The fourth-order valence-corrected chi connectivity index (χ4v) is 2.96. The summed E-state index contributed by atoms with van der Waals surface area (Å²) >= 11 is 0. The lowest BCUT2D eigenvalue weighted by molar-refractivity contribution is 0.358. The number of hydrogen-bond donors (Lipinski definition) is 2. The maximum Gasteiger partial charge on any atom is 0.187 e. The Labute approximate surface area is 149 Å². The van der Waals surface area contributed by atoms with Gasteiger partial charge >= 0.3 is 0 Å². The number of methoxy groups -OCH3 is 2. The lowest BCUT2D eigenvalue weighted by atomic mass is 10.1. The molecule has 0 amide bonds. The van der Waals surface area contributed by atoms with E-state index < -0.39 is 0 Å². The smallest absolute Gasteiger partial charge is 0.187 e. The van der Waals surface area contributed by atoms with Gasteiger partial charge in [-0.3, -0.25) is 10.1 Å². The maximum atomic E-state index is 9.52. The largest absolute Gasteiger partial charge is 0.493 e. The molecule has 2 heterocycles. The van der Waals surface area contributed by atoms with Crippen LogP contribution in [0.25, 0.3) is 21.8 Å². The summed E-state index contributed by atoms with van der Waals surface area (Å²) in [6, 6.07) is 11.7. The first-order chi connectivity index (χ1) is 12.7. The molecule has 0 atom stereocenters. The van der Waals surface area contributed by atoms with Gasteiger partial charge in [0.2, 0.25) is 0 Å². The van der Waals surface area contributed by atoms with Crippen molar-refractivity contribution < 1.29 is 9.47 Å². The summed E-state index contributed by atoms with van der Waals surface area (Å²) in [5.74, 6) is 1.12. The van der Waals surface area contributed by atoms with Gasteiger partial charge in [0.15, 0.2) is 11.5 Å². The maximum absolute atomic E-state index is 9.52. The minimum atomic E-state index is 0.442. The molecule has 0 aliphatic carbocycles. The highest BCUT2D eigenvalue weighted by Crippen LogP contribution is 2.39. The Kier molecular flexibility index (Phi) is 3.78. The Morgan fingerprint density at radius 2 is 2.00 bits per heavy atom. The van der Waals surface area contributed by atoms with E-state index in [1.165, 1.54) is 6.20 Å². The molecule has 4 aromatic rings. The fourth-order valence-electron chi connectivity index (χ4n) is 2.96. The van der Waals surface area contributed by atoms with Crippen molar-refractivity contribution in [1.29, 1.82) is 5.26 Å². The number of aromatic nitrogens is 3. The number of ether oxygens (including phenoxy) is 2. The van der Waals surface area contributed by atoms with Crippen molar-refractivity contribution >= 4 is 33.2 Å². The molecule has 7 nitrogen and oxygen atoms in total. The van der Waals surface area contributed by atoms with Gasteiger partial charge in [-0.15, -0.1) is 0 Å². The molecule has 0 aliphatic heterocycles. The van der Waals surface area contributed by atoms with E-state index in [2.05, 4.69) is 26.6 Å². The van der Waals surface area contributed by atoms with Crippen LogP contribution in [0.2, 0.25) is 0 Å². The third kappa shape index (κ3) is 2.45. The molecule has 2 aromatic carbocycles. The summed E-state index contributed by atoms with van der Waals surface area (Å²) in [6.07, 6.45) is 3.28. The molecular formula is C19H15N5O2. The third-order valence-electron chi connectivity index (χ3n) is 4.21. The first-order valence-electron chi connectivity index (χ1n) is 7.89. The van der Waals surface area contributed by atoms with E-state index in [4.69, 9.17) is 9.47 Å². The van der Waals surface area contributed by atoms with Gasteiger partial charge in [0, 0.05) is 22.7 Å². The average molecular weight is 345 g/mol. The number of fused-ring (bicyclic) bond motifs is 2. The van der Waals surface area contributed by atoms with Crippen LogP contribution in [0.1, 0.15) is 5.56 Å². The van der Waals surface area contributed by atoms with Crippen LogP contribution < -0.4 is 14.8 Å². The lowest BCUT2D eigenvalue weighted by Crippen LogP contribution is -1.99. The molecule has 2 aromatic heterocycles. The zero-order chi connectivity index (χ0) is 18.1. The molecule has 0 radical (unpaired) electrons. The Balaban J connectivity index is 1.90. The molecular weight excluding hydrogens is 330 g/mol. The molecule has 26 heavy (non-hydrogen) atoms. The van der Waals surface area contributed by atoms with E-state index in [9.17, 15) is 5.26 Å². The number of nitriles is 1. The van der Waals surface area contributed by atoms with Gasteiger partial charge in [0.05, 0.1) is 37.2 Å². The number of rotatable bonds is 4. The highest BCUT2D eigenvalue weighted by molar-refractivity contribution is 6.00. The molecule has 0 aliphatic rings. The van der Waals surface area contributed by atoms with Gasteiger partial charge in [0.25, 0.3) is 0 Å². The molecule has 0 saturated heterocycles. The first-order valence-corrected chi connectivity index (χ1v) is 7.89. The molecule has 0 fully saturated rings. The number of anilines is 2. The van der Waals surface area contributed by atoms with Gasteiger partial charge in [-0.05, 0) is 30.3 Å². The third-order valence-corrected chi connectivity index (χ3v) is 4.21. The minimum Gasteiger partial charge on any atom is -0.493 e. The van der Waals surface area contributed by atoms with Crippen LogP contribution in [0.3, 0.4) is 0 Å². The summed E-state index contributed by atoms with van der Waals surface area (Å²) < 4.78 is 10.8. The van der Waals surface area contributed by atoms with Crippen LogP contribution in [0.15, 0.2) is 42.7 Å². The quantitative estimate of drug-likeness (QED) is 0.585. The van der Waals surface area contributed by atoms with E-state index in [0.717, 1.165) is 22.0 Å². The van der Waals surface area contributed by atoms with Crippen LogP contribution in [0.4, 0.5) is 11.4 Å². The number of H-pyrrole nitrogens is 1. The van der Waals surface area contributed by atoms with Gasteiger partial charge in [-0.1, -0.05) is 0 Å². The number of pyridine rings is 1. The highest BCUT2D eigenvalue weighted by Gasteiger charge is 2.16. The van der Waals surface area contributed by atoms with Crippen LogP contribution in [0, 0.1) is 11.3 Å². The second kappa shape index (κ2) is 6.26. The van der Waals surface area contributed by atoms with Crippen molar-refractivity contribution in [2.75, 3.05) is 19.5 Å². The predicted octanol–water partition coefficient (Wildman–Crippen LogP) is 3.74. The highest BCUT2D eigenvalue weighted by atomic mass is 16.5. The molecule has 2 N–H and O–H groups in total. The number of benzene rings is 2. The summed E-state index contributed by atoms with van der Waals surface area (Å²) in [6.45, 7) is 0. The molecule has 0 saturated carbocycles. The van der Waals surface area contributed by atoms with E-state index in [1.807, 2.05) is 24.3 Å². The number of hydrogen-bond acceptors (Lipinski definition) is 6. The van der Waals surface area contributed by atoms with Crippen molar-refractivity contribution in [1.82, 2.24) is 15.2 Å². The van der Waals surface area contributed by atoms with Crippen LogP contribution in [0.5, 0.6) is 11.5 Å². The fraction of sp³-hybridized carbons (Fsp3) is 0.105. The Hall–Kier alpha value is -3.79. The van der Waals surface area contributed by atoms with Crippen molar-refractivity contribution in [3.05, 3.63) is 48.3 Å². The summed E-state index contributed by atoms with van der Waals surface area (Å²) in [4.78, 5) is 4.39. The lowest BCUT2D eigenvalue weighted by Gasteiger charge is -2.15. The van der Waals surface area contributed by atoms with Crippen LogP contribution >= 0.6 is 0 Å². The zero-order valence-electron chi connectivity index (χ0n) is 14.2. The van der Waals surface area contributed by atoms with Crippen LogP contribution in [-0.2, 0) is 0 Å². The number of aromatic amines is 1. The number of nitrogens with one attached hydrogen (secondary N) is 2. The van der Waals surface area contributed by atoms with Gasteiger partial charge in [-0.2, -0.15) is 10.4 Å². The minimum absolute atomic E-state index is 0.442. The molecule has 0 unspecified atom stereocenters. The predicted molar refractivity (Wildman–Crippen MR) is 98.9 cm³/mol. The Morgan fingerprint density at radius 1 is 1.12 bits per heavy atom. The van der Waals surface area contributed by atoms with Crippen molar-refractivity contribution in [2.24, 2.45) is 0 Å². The molecule has 0 spiro atoms. The molecule has 7 heteroatoms. The molecule has 4 rings (SSSR count). The van der Waals surface area contributed by atoms with Crippen LogP contribution in [-0.4, -0.2) is 29.4 Å². The van der Waals surface area contributed by atoms with Gasteiger partial charge in [0.1, 0.15) is 11.6 Å². The second-order valence-electron chi connectivity index (χ2n) is 5.65. The van der Waals surface area contributed by atoms with Gasteiger partial charge in [-0.25, -0.2) is 0 Å². The topological polar surface area (TPSA) is 95.8 Å². The normalized spacial score (nSPS) is 10.7. The summed E-state index contributed by atoms with van der Waals surface area (Å²) in [5, 5.41) is 21.6. The van der Waals surface area contributed by atoms with E-state index in [-0.39, 0.29) is 0 Å². The van der Waals surface area contributed by atoms with E-state index in [0.29, 0.717) is 28.3 Å². The first kappa shape index (κ1) is 15.7. The van der Waals surface area contributed by atoms with Crippen molar-refractivity contribution in [3.8, 4) is 17.6 Å². The second-order valence-corrected chi connectivity index (χ2v) is 5.65. The Bertz CT molecular complexity index is 1160. The zero-order valence-corrected chi connectivity index (χ0v) is 14.2. The van der Waals surface area contributed by atoms with E-state index >= 15 is 0 Å². The Morgan fingerprint density at radius 3 is 2.77 bits per heavy atom. The van der Waals surface area contributed by atoms with Crippen molar-refractivity contribution in [2.45, 2.75) is 0 Å². The molecule has 0 bridgehead atoms. The summed E-state index contributed by atoms with van der Waals surface area (Å²) in [7, 11) is 3.14. The molecule has 128 valence electrons. The summed E-state index contributed by atoms with van der Waals surface area (Å²) in [5.41, 5.74) is 3.52. The van der Waals surface area contributed by atoms with Gasteiger partial charge < -0.3 is 14.8 Å². The number of nitrogens with zero attached hydrogens (tertiary/aromatic N) is 3. The van der Waals surface area contributed by atoms with E-state index in [1.54, 1.807) is 26.5 Å². The monoisotopic (exact) mass is 345 g/mol.